The molecule has 0 atom stereocenters. The molecular formula is C17H24N4O2S. The molecule has 2 heterocycles. The van der Waals surface area contributed by atoms with Gasteiger partial charge in [-0.2, -0.15) is 4.98 Å². The second kappa shape index (κ2) is 6.12. The Morgan fingerprint density at radius 3 is 2.04 bits per heavy atom. The van der Waals surface area contributed by atoms with Crippen LogP contribution in [-0.4, -0.2) is 21.8 Å². The highest BCUT2D eigenvalue weighted by atomic mass is 32.1. The fraction of sp³-hybridized carbons (Fsp3) is 0.529. The Kier molecular flexibility index (Phi) is 4.68. The zero-order chi connectivity index (χ0) is 18.3. The van der Waals surface area contributed by atoms with Crippen molar-refractivity contribution in [3.05, 3.63) is 10.9 Å². The lowest BCUT2D eigenvalue weighted by molar-refractivity contribution is -0.123. The maximum Gasteiger partial charge on any atom is 0.232 e. The van der Waals surface area contributed by atoms with Gasteiger partial charge < -0.3 is 5.32 Å². The minimum absolute atomic E-state index is 0.138. The molecule has 0 saturated heterocycles. The average Bonchev–Trinajstić information content (AvgIpc) is 2.78. The lowest BCUT2D eigenvalue weighted by Gasteiger charge is -2.19. The smallest absolute Gasteiger partial charge is 0.232 e. The third-order valence-electron chi connectivity index (χ3n) is 3.44. The summed E-state index contributed by atoms with van der Waals surface area (Å²) in [5.74, 6) is 0.320. The molecule has 0 aliphatic carbocycles. The molecule has 2 rings (SSSR count). The maximum atomic E-state index is 12.3. The van der Waals surface area contributed by atoms with Gasteiger partial charge in [0.05, 0.1) is 5.39 Å². The molecule has 2 N–H and O–H groups in total. The molecule has 130 valence electrons. The Morgan fingerprint density at radius 1 is 0.958 bits per heavy atom. The predicted molar refractivity (Wildman–Crippen MR) is 98.3 cm³/mol. The first-order chi connectivity index (χ1) is 10.9. The highest BCUT2D eigenvalue weighted by molar-refractivity contribution is 7.17. The van der Waals surface area contributed by atoms with Crippen molar-refractivity contribution < 1.29 is 9.59 Å². The molecule has 2 aromatic heterocycles. The molecule has 0 aliphatic rings. The average molecular weight is 348 g/mol. The topological polar surface area (TPSA) is 84.0 Å². The number of aromatic nitrogens is 2. The number of aryl methyl sites for hydroxylation is 1. The number of hydrogen-bond donors (Lipinski definition) is 2. The molecule has 2 aromatic rings. The van der Waals surface area contributed by atoms with Crippen molar-refractivity contribution in [3.8, 4) is 0 Å². The number of hydrogen-bond acceptors (Lipinski definition) is 5. The maximum absolute atomic E-state index is 12.3. The Morgan fingerprint density at radius 2 is 1.50 bits per heavy atom. The van der Waals surface area contributed by atoms with E-state index in [2.05, 4.69) is 20.6 Å². The minimum Gasteiger partial charge on any atom is -0.310 e. The van der Waals surface area contributed by atoms with Crippen LogP contribution >= 0.6 is 11.3 Å². The summed E-state index contributed by atoms with van der Waals surface area (Å²) in [7, 11) is 0. The third kappa shape index (κ3) is 3.90. The fourth-order valence-corrected chi connectivity index (χ4v) is 2.74. The molecule has 0 unspecified atom stereocenters. The van der Waals surface area contributed by atoms with Crippen LogP contribution in [0.5, 0.6) is 0 Å². The summed E-state index contributed by atoms with van der Waals surface area (Å²) in [4.78, 5) is 34.0. The normalized spacial score (nSPS) is 12.3. The lowest BCUT2D eigenvalue weighted by Crippen LogP contribution is -2.30. The molecule has 6 nitrogen and oxygen atoms in total. The van der Waals surface area contributed by atoms with Crippen LogP contribution in [-0.2, 0) is 9.59 Å². The van der Waals surface area contributed by atoms with Crippen LogP contribution in [0.3, 0.4) is 0 Å². The molecule has 0 radical (unpaired) electrons. The van der Waals surface area contributed by atoms with Gasteiger partial charge in [-0.3, -0.25) is 14.9 Å². The van der Waals surface area contributed by atoms with Crippen LogP contribution in [0.1, 0.15) is 47.1 Å². The molecular weight excluding hydrogens is 324 g/mol. The van der Waals surface area contributed by atoms with Gasteiger partial charge in [0.15, 0.2) is 0 Å². The quantitative estimate of drug-likeness (QED) is 0.860. The SMILES string of the molecule is Cc1csc2nc(NC(=O)C(C)(C)C)nc(NC(=O)C(C)(C)C)c12. The number of amides is 2. The van der Waals surface area contributed by atoms with Crippen LogP contribution in [0.2, 0.25) is 0 Å². The van der Waals surface area contributed by atoms with E-state index in [1.165, 1.54) is 11.3 Å². The van der Waals surface area contributed by atoms with Crippen LogP contribution in [0.25, 0.3) is 10.2 Å². The summed E-state index contributed by atoms with van der Waals surface area (Å²) >= 11 is 1.46. The number of anilines is 2. The summed E-state index contributed by atoms with van der Waals surface area (Å²) < 4.78 is 0. The number of carbonyl (C=O) groups is 2. The zero-order valence-corrected chi connectivity index (χ0v) is 16.0. The van der Waals surface area contributed by atoms with Gasteiger partial charge in [-0.1, -0.05) is 41.5 Å². The van der Waals surface area contributed by atoms with Gasteiger partial charge in [-0.25, -0.2) is 4.98 Å². The van der Waals surface area contributed by atoms with Crippen molar-refractivity contribution >= 4 is 45.1 Å². The van der Waals surface area contributed by atoms with E-state index >= 15 is 0 Å². The lowest BCUT2D eigenvalue weighted by atomic mass is 9.95. The van der Waals surface area contributed by atoms with Gasteiger partial charge in [-0.15, -0.1) is 11.3 Å². The zero-order valence-electron chi connectivity index (χ0n) is 15.2. The van der Waals surface area contributed by atoms with Gasteiger partial charge in [0.1, 0.15) is 10.6 Å². The van der Waals surface area contributed by atoms with Crippen LogP contribution in [0.15, 0.2) is 5.38 Å². The van der Waals surface area contributed by atoms with Gasteiger partial charge >= 0.3 is 0 Å². The molecule has 0 spiro atoms. The highest BCUT2D eigenvalue weighted by Crippen LogP contribution is 2.31. The largest absolute Gasteiger partial charge is 0.310 e. The number of thiophene rings is 1. The predicted octanol–water partition coefficient (Wildman–Crippen LogP) is 3.97. The minimum atomic E-state index is -0.557. The van der Waals surface area contributed by atoms with Gasteiger partial charge in [0.2, 0.25) is 17.8 Å². The third-order valence-corrected chi connectivity index (χ3v) is 4.43. The molecule has 0 saturated carbocycles. The number of fused-ring (bicyclic) bond motifs is 1. The summed E-state index contributed by atoms with van der Waals surface area (Å²) in [5.41, 5.74) is -0.109. The fourth-order valence-electron chi connectivity index (χ4n) is 1.81. The summed E-state index contributed by atoms with van der Waals surface area (Å²) in [6.07, 6.45) is 0. The van der Waals surface area contributed by atoms with Crippen LogP contribution in [0, 0.1) is 17.8 Å². The molecule has 7 heteroatoms. The first-order valence-corrected chi connectivity index (χ1v) is 8.66. The van der Waals surface area contributed by atoms with E-state index in [1.807, 2.05) is 53.8 Å². The molecule has 24 heavy (non-hydrogen) atoms. The van der Waals surface area contributed by atoms with Crippen molar-refractivity contribution in [3.63, 3.8) is 0 Å². The standard InChI is InChI=1S/C17H24N4O2S/c1-9-8-24-12-10(9)11(18-13(22)16(2,3)4)19-15(20-12)21-14(23)17(5,6)7/h8H,1-7H3,(H2,18,19,20,21,22,23). The summed E-state index contributed by atoms with van der Waals surface area (Å²) in [6, 6.07) is 0. The molecule has 0 fully saturated rings. The number of nitrogens with one attached hydrogen (secondary N) is 2. The molecule has 0 bridgehead atoms. The Bertz CT molecular complexity index is 797. The van der Waals surface area contributed by atoms with Gasteiger partial charge in [-0.05, 0) is 17.9 Å². The van der Waals surface area contributed by atoms with E-state index in [4.69, 9.17) is 0 Å². The van der Waals surface area contributed by atoms with E-state index in [0.29, 0.717) is 5.82 Å². The van der Waals surface area contributed by atoms with Crippen molar-refractivity contribution in [2.24, 2.45) is 10.8 Å². The van der Waals surface area contributed by atoms with Crippen LogP contribution < -0.4 is 10.6 Å². The highest BCUT2D eigenvalue weighted by Gasteiger charge is 2.25. The number of nitrogens with zero attached hydrogens (tertiary/aromatic N) is 2. The first kappa shape index (κ1) is 18.3. The monoisotopic (exact) mass is 348 g/mol. The first-order valence-electron chi connectivity index (χ1n) is 7.78. The van der Waals surface area contributed by atoms with E-state index in [0.717, 1.165) is 15.8 Å². The molecule has 2 amide bonds. The van der Waals surface area contributed by atoms with E-state index < -0.39 is 10.8 Å². The molecule has 0 aromatic carbocycles. The van der Waals surface area contributed by atoms with E-state index in [-0.39, 0.29) is 17.8 Å². The van der Waals surface area contributed by atoms with E-state index in [9.17, 15) is 9.59 Å². The number of rotatable bonds is 2. The van der Waals surface area contributed by atoms with Gasteiger partial charge in [0, 0.05) is 10.8 Å². The molecule has 0 aliphatic heterocycles. The van der Waals surface area contributed by atoms with Crippen molar-refractivity contribution in [2.45, 2.75) is 48.5 Å². The summed E-state index contributed by atoms with van der Waals surface area (Å²) in [6.45, 7) is 12.9. The Balaban J connectivity index is 2.46. The Labute approximate surface area is 146 Å². The van der Waals surface area contributed by atoms with Crippen molar-refractivity contribution in [1.29, 1.82) is 0 Å². The van der Waals surface area contributed by atoms with Crippen LogP contribution in [0.4, 0.5) is 11.8 Å². The second-order valence-corrected chi connectivity index (χ2v) is 8.76. The van der Waals surface area contributed by atoms with Gasteiger partial charge in [0.25, 0.3) is 0 Å². The number of carbonyl (C=O) groups excluding carboxylic acids is 2. The van der Waals surface area contributed by atoms with Crippen molar-refractivity contribution in [1.82, 2.24) is 9.97 Å². The summed E-state index contributed by atoms with van der Waals surface area (Å²) in [5, 5.41) is 8.37. The Hall–Kier alpha value is -2.02. The van der Waals surface area contributed by atoms with E-state index in [1.54, 1.807) is 0 Å². The van der Waals surface area contributed by atoms with Crippen molar-refractivity contribution in [2.75, 3.05) is 10.6 Å². The second-order valence-electron chi connectivity index (χ2n) is 7.90.